The number of hydrogen-bond acceptors (Lipinski definition) is 4. The van der Waals surface area contributed by atoms with Crippen LogP contribution < -0.4 is 10.5 Å². The Morgan fingerprint density at radius 2 is 2.10 bits per heavy atom. The number of amides is 1. The number of carbonyl (C=O) groups is 2. The minimum absolute atomic E-state index is 0.0590. The number of nitrogens with two attached hydrogens (primary N) is 1. The largest absolute Gasteiger partial charge is 0.496 e. The van der Waals surface area contributed by atoms with Crippen molar-refractivity contribution in [1.29, 1.82) is 0 Å². The number of methoxy groups -OCH3 is 1. The van der Waals surface area contributed by atoms with Crippen molar-refractivity contribution in [2.45, 2.75) is 6.92 Å². The molecular formula is C14H18N2O4. The van der Waals surface area contributed by atoms with E-state index in [4.69, 9.17) is 15.6 Å². The van der Waals surface area contributed by atoms with E-state index >= 15 is 0 Å². The quantitative estimate of drug-likeness (QED) is 0.807. The molecule has 1 amide bonds. The van der Waals surface area contributed by atoms with E-state index in [1.54, 1.807) is 23.1 Å². The fourth-order valence-electron chi connectivity index (χ4n) is 2.51. The molecule has 0 radical (unpaired) electrons. The number of rotatable bonds is 3. The number of carboxylic acid groups (broad SMARTS) is 1. The lowest BCUT2D eigenvalue weighted by atomic mass is 9.99. The predicted octanol–water partition coefficient (Wildman–Crippen LogP) is 1.07. The fourth-order valence-corrected chi connectivity index (χ4v) is 2.51. The summed E-state index contributed by atoms with van der Waals surface area (Å²) in [6.45, 7) is 2.50. The van der Waals surface area contributed by atoms with Crippen molar-refractivity contribution in [2.75, 3.05) is 25.9 Å². The van der Waals surface area contributed by atoms with Crippen molar-refractivity contribution in [2.24, 2.45) is 11.8 Å². The minimum Gasteiger partial charge on any atom is -0.496 e. The lowest BCUT2D eigenvalue weighted by molar-refractivity contribution is -0.142. The Labute approximate surface area is 117 Å². The number of anilines is 1. The number of likely N-dealkylation sites (tertiary alicyclic amines) is 1. The minimum atomic E-state index is -0.864. The highest BCUT2D eigenvalue weighted by Crippen LogP contribution is 2.28. The first-order chi connectivity index (χ1) is 9.43. The Morgan fingerprint density at radius 1 is 1.40 bits per heavy atom. The molecule has 1 aromatic rings. The second-order valence-electron chi connectivity index (χ2n) is 5.09. The highest BCUT2D eigenvalue weighted by Gasteiger charge is 2.37. The zero-order valence-electron chi connectivity index (χ0n) is 11.5. The summed E-state index contributed by atoms with van der Waals surface area (Å²) in [4.78, 5) is 25.1. The van der Waals surface area contributed by atoms with Gasteiger partial charge in [-0.2, -0.15) is 0 Å². The summed E-state index contributed by atoms with van der Waals surface area (Å²) in [5.74, 6) is -1.26. The Hall–Kier alpha value is -2.24. The van der Waals surface area contributed by atoms with Gasteiger partial charge in [-0.1, -0.05) is 6.92 Å². The molecule has 1 aliphatic heterocycles. The van der Waals surface area contributed by atoms with Crippen LogP contribution in [0, 0.1) is 11.8 Å². The molecule has 1 heterocycles. The van der Waals surface area contributed by atoms with Crippen LogP contribution in [-0.4, -0.2) is 42.1 Å². The topological polar surface area (TPSA) is 92.9 Å². The first kappa shape index (κ1) is 14.2. The number of carboxylic acids is 1. The molecule has 1 aromatic carbocycles. The van der Waals surface area contributed by atoms with Crippen molar-refractivity contribution < 1.29 is 19.4 Å². The molecule has 0 aromatic heterocycles. The zero-order valence-corrected chi connectivity index (χ0v) is 11.5. The van der Waals surface area contributed by atoms with Gasteiger partial charge in [0.25, 0.3) is 5.91 Å². The standard InChI is InChI=1S/C14H18N2O4/c1-8-6-16(7-11(8)14(18)19)13(17)10-4-3-9(15)5-12(10)20-2/h3-5,8,11H,6-7,15H2,1-2H3,(H,18,19)/t8-,11-/m1/s1. The van der Waals surface area contributed by atoms with Gasteiger partial charge in [0.15, 0.2) is 0 Å². The van der Waals surface area contributed by atoms with Gasteiger partial charge in [-0.25, -0.2) is 0 Å². The Bertz CT molecular complexity index is 544. The van der Waals surface area contributed by atoms with Crippen molar-refractivity contribution in [3.63, 3.8) is 0 Å². The molecule has 1 aliphatic rings. The lowest BCUT2D eigenvalue weighted by Gasteiger charge is -2.18. The van der Waals surface area contributed by atoms with Gasteiger partial charge < -0.3 is 20.5 Å². The highest BCUT2D eigenvalue weighted by atomic mass is 16.5. The third-order valence-electron chi connectivity index (χ3n) is 3.67. The van der Waals surface area contributed by atoms with Crippen LogP contribution in [0.25, 0.3) is 0 Å². The van der Waals surface area contributed by atoms with E-state index in [0.717, 1.165) is 0 Å². The summed E-state index contributed by atoms with van der Waals surface area (Å²) in [5.41, 5.74) is 6.57. The van der Waals surface area contributed by atoms with E-state index in [9.17, 15) is 9.59 Å². The first-order valence-corrected chi connectivity index (χ1v) is 6.39. The average Bonchev–Trinajstić information content (AvgIpc) is 2.80. The summed E-state index contributed by atoms with van der Waals surface area (Å²) >= 11 is 0. The normalized spacial score (nSPS) is 21.8. The second kappa shape index (κ2) is 5.40. The van der Waals surface area contributed by atoms with Crippen molar-refractivity contribution in [1.82, 2.24) is 4.90 Å². The van der Waals surface area contributed by atoms with Gasteiger partial charge in [-0.3, -0.25) is 9.59 Å². The summed E-state index contributed by atoms with van der Waals surface area (Å²) in [5, 5.41) is 9.11. The van der Waals surface area contributed by atoms with Crippen molar-refractivity contribution in [3.05, 3.63) is 23.8 Å². The number of nitrogen functional groups attached to an aromatic ring is 1. The Kier molecular flexibility index (Phi) is 3.83. The van der Waals surface area contributed by atoms with E-state index in [2.05, 4.69) is 0 Å². The van der Waals surface area contributed by atoms with E-state index in [-0.39, 0.29) is 18.4 Å². The second-order valence-corrected chi connectivity index (χ2v) is 5.09. The molecule has 6 nitrogen and oxygen atoms in total. The van der Waals surface area contributed by atoms with Gasteiger partial charge in [0.05, 0.1) is 18.6 Å². The highest BCUT2D eigenvalue weighted by molar-refractivity contribution is 5.98. The number of ether oxygens (including phenoxy) is 1. The summed E-state index contributed by atoms with van der Waals surface area (Å²) in [7, 11) is 1.47. The van der Waals surface area contributed by atoms with E-state index in [1.165, 1.54) is 7.11 Å². The van der Waals surface area contributed by atoms with Crippen molar-refractivity contribution >= 4 is 17.6 Å². The lowest BCUT2D eigenvalue weighted by Crippen LogP contribution is -2.30. The smallest absolute Gasteiger partial charge is 0.308 e. The maximum absolute atomic E-state index is 12.5. The molecule has 0 saturated carbocycles. The SMILES string of the molecule is COc1cc(N)ccc1C(=O)N1C[C@@H](C)[C@H](C(=O)O)C1. The number of benzene rings is 1. The first-order valence-electron chi connectivity index (χ1n) is 6.39. The molecule has 0 spiro atoms. The fraction of sp³-hybridized carbons (Fsp3) is 0.429. The molecule has 0 bridgehead atoms. The molecule has 1 fully saturated rings. The van der Waals surface area contributed by atoms with Crippen LogP contribution in [0.4, 0.5) is 5.69 Å². The van der Waals surface area contributed by atoms with Crippen LogP contribution in [0.1, 0.15) is 17.3 Å². The number of hydrogen-bond donors (Lipinski definition) is 2. The van der Waals surface area contributed by atoms with Gasteiger partial charge in [0.2, 0.25) is 0 Å². The molecular weight excluding hydrogens is 260 g/mol. The molecule has 6 heteroatoms. The van der Waals surface area contributed by atoms with E-state index in [0.29, 0.717) is 23.5 Å². The summed E-state index contributed by atoms with van der Waals surface area (Å²) < 4.78 is 5.16. The average molecular weight is 278 g/mol. The van der Waals surface area contributed by atoms with Crippen LogP contribution in [0.5, 0.6) is 5.75 Å². The molecule has 20 heavy (non-hydrogen) atoms. The van der Waals surface area contributed by atoms with Gasteiger partial charge >= 0.3 is 5.97 Å². The third-order valence-corrected chi connectivity index (χ3v) is 3.67. The van der Waals surface area contributed by atoms with Gasteiger partial charge in [-0.05, 0) is 18.1 Å². The Morgan fingerprint density at radius 3 is 2.65 bits per heavy atom. The molecule has 1 saturated heterocycles. The number of aliphatic carboxylic acids is 1. The summed E-state index contributed by atoms with van der Waals surface area (Å²) in [6.07, 6.45) is 0. The predicted molar refractivity (Wildman–Crippen MR) is 73.6 cm³/mol. The van der Waals surface area contributed by atoms with Crippen LogP contribution in [-0.2, 0) is 4.79 Å². The van der Waals surface area contributed by atoms with Crippen LogP contribution >= 0.6 is 0 Å². The van der Waals surface area contributed by atoms with Gasteiger partial charge in [-0.15, -0.1) is 0 Å². The number of carbonyl (C=O) groups excluding carboxylic acids is 1. The molecule has 108 valence electrons. The van der Waals surface area contributed by atoms with Crippen LogP contribution in [0.15, 0.2) is 18.2 Å². The third kappa shape index (κ3) is 2.54. The van der Waals surface area contributed by atoms with Crippen LogP contribution in [0.2, 0.25) is 0 Å². The summed E-state index contributed by atoms with van der Waals surface area (Å²) in [6, 6.07) is 4.82. The van der Waals surface area contributed by atoms with Gasteiger partial charge in [0.1, 0.15) is 5.75 Å². The van der Waals surface area contributed by atoms with Crippen molar-refractivity contribution in [3.8, 4) is 5.75 Å². The molecule has 3 N–H and O–H groups in total. The van der Waals surface area contributed by atoms with Gasteiger partial charge in [0, 0.05) is 24.8 Å². The molecule has 0 unspecified atom stereocenters. The maximum Gasteiger partial charge on any atom is 0.308 e. The monoisotopic (exact) mass is 278 g/mol. The maximum atomic E-state index is 12.5. The Balaban J connectivity index is 2.23. The molecule has 2 atom stereocenters. The molecule has 0 aliphatic carbocycles. The van der Waals surface area contributed by atoms with Crippen LogP contribution in [0.3, 0.4) is 0 Å². The van der Waals surface area contributed by atoms with E-state index < -0.39 is 11.9 Å². The van der Waals surface area contributed by atoms with E-state index in [1.807, 2.05) is 6.92 Å². The molecule has 2 rings (SSSR count). The zero-order chi connectivity index (χ0) is 14.9. The number of nitrogens with zero attached hydrogens (tertiary/aromatic N) is 1.